The van der Waals surface area contributed by atoms with Crippen molar-refractivity contribution < 1.29 is 8.42 Å². The smallest absolute Gasteiger partial charge is 0.236 e. The number of nitrogens with zero attached hydrogens (tertiary/aromatic N) is 1. The quantitative estimate of drug-likeness (QED) is 0.927. The number of nitrogens with one attached hydrogen (secondary N) is 1. The number of anilines is 1. The molecule has 1 aromatic carbocycles. The van der Waals surface area contributed by atoms with Crippen molar-refractivity contribution in [1.29, 1.82) is 0 Å². The molecule has 112 valence electrons. The topological polar surface area (TPSA) is 49.4 Å². The molecule has 0 bridgehead atoms. The maximum Gasteiger partial charge on any atom is 0.236 e. The Hall–Kier alpha value is -1.07. The van der Waals surface area contributed by atoms with Crippen molar-refractivity contribution in [1.82, 2.24) is 5.32 Å². The van der Waals surface area contributed by atoms with E-state index >= 15 is 0 Å². The van der Waals surface area contributed by atoms with Gasteiger partial charge < -0.3 is 5.32 Å². The van der Waals surface area contributed by atoms with Crippen LogP contribution in [0.3, 0.4) is 0 Å². The van der Waals surface area contributed by atoms with Gasteiger partial charge in [0.25, 0.3) is 0 Å². The molecule has 20 heavy (non-hydrogen) atoms. The van der Waals surface area contributed by atoms with Crippen molar-refractivity contribution in [2.75, 3.05) is 23.7 Å². The Kier molecular flexibility index (Phi) is 4.70. The summed E-state index contributed by atoms with van der Waals surface area (Å²) in [5.74, 6) is 0.177. The molecule has 1 aliphatic rings. The van der Waals surface area contributed by atoms with E-state index in [1.165, 1.54) is 4.31 Å². The summed E-state index contributed by atoms with van der Waals surface area (Å²) in [6.07, 6.45) is 3.20. The van der Waals surface area contributed by atoms with E-state index in [9.17, 15) is 8.42 Å². The van der Waals surface area contributed by atoms with Gasteiger partial charge >= 0.3 is 0 Å². The van der Waals surface area contributed by atoms with Crippen LogP contribution in [0.1, 0.15) is 30.4 Å². The van der Waals surface area contributed by atoms with Crippen molar-refractivity contribution in [2.45, 2.75) is 39.2 Å². The van der Waals surface area contributed by atoms with Crippen molar-refractivity contribution >= 4 is 15.7 Å². The molecule has 1 saturated heterocycles. The van der Waals surface area contributed by atoms with E-state index in [4.69, 9.17) is 0 Å². The van der Waals surface area contributed by atoms with Gasteiger partial charge in [-0.2, -0.15) is 0 Å². The van der Waals surface area contributed by atoms with Crippen LogP contribution in [0.2, 0.25) is 0 Å². The lowest BCUT2D eigenvalue weighted by Gasteiger charge is -2.27. The summed E-state index contributed by atoms with van der Waals surface area (Å²) in [6.45, 7) is 4.89. The Bertz CT molecular complexity index is 563. The van der Waals surface area contributed by atoms with E-state index in [0.29, 0.717) is 0 Å². The second-order valence-corrected chi connectivity index (χ2v) is 7.73. The Balaban J connectivity index is 2.15. The van der Waals surface area contributed by atoms with E-state index in [1.807, 2.05) is 32.0 Å². The van der Waals surface area contributed by atoms with Crippen LogP contribution in [0.5, 0.6) is 0 Å². The Morgan fingerprint density at radius 3 is 2.65 bits per heavy atom. The number of benzene rings is 1. The maximum absolute atomic E-state index is 12.5. The van der Waals surface area contributed by atoms with Crippen molar-refractivity contribution in [3.8, 4) is 0 Å². The van der Waals surface area contributed by atoms with Crippen LogP contribution in [-0.2, 0) is 10.0 Å². The van der Waals surface area contributed by atoms with Gasteiger partial charge in [-0.1, -0.05) is 24.1 Å². The lowest BCUT2D eigenvalue weighted by molar-refractivity contribution is 0.423. The second kappa shape index (κ2) is 6.14. The summed E-state index contributed by atoms with van der Waals surface area (Å²) < 4.78 is 26.5. The highest BCUT2D eigenvalue weighted by molar-refractivity contribution is 7.92. The first kappa shape index (κ1) is 15.3. The Morgan fingerprint density at radius 1 is 1.30 bits per heavy atom. The molecule has 4 nitrogen and oxygen atoms in total. The van der Waals surface area contributed by atoms with Crippen LogP contribution in [0.15, 0.2) is 18.2 Å². The molecule has 0 aromatic heterocycles. The fourth-order valence-corrected chi connectivity index (χ4v) is 4.26. The molecule has 0 radical (unpaired) electrons. The normalized spacial score (nSPS) is 19.9. The number of hydrogen-bond donors (Lipinski definition) is 1. The zero-order valence-electron chi connectivity index (χ0n) is 12.5. The van der Waals surface area contributed by atoms with Gasteiger partial charge in [0, 0.05) is 13.1 Å². The van der Waals surface area contributed by atoms with Crippen LogP contribution in [0, 0.1) is 13.8 Å². The average Bonchev–Trinajstić information content (AvgIpc) is 2.38. The summed E-state index contributed by atoms with van der Waals surface area (Å²) in [5, 5.41) is 3.30. The van der Waals surface area contributed by atoms with Crippen molar-refractivity contribution in [3.05, 3.63) is 29.3 Å². The van der Waals surface area contributed by atoms with Gasteiger partial charge in [-0.25, -0.2) is 8.42 Å². The first-order valence-corrected chi connectivity index (χ1v) is 8.78. The van der Waals surface area contributed by atoms with Crippen molar-refractivity contribution in [2.24, 2.45) is 0 Å². The molecule has 0 amide bonds. The van der Waals surface area contributed by atoms with E-state index in [2.05, 4.69) is 5.32 Å². The average molecular weight is 296 g/mol. The molecular formula is C15H24N2O2S. The first-order valence-electron chi connectivity index (χ1n) is 7.17. The summed E-state index contributed by atoms with van der Waals surface area (Å²) in [6, 6.07) is 5.94. The minimum Gasteiger partial charge on any atom is -0.313 e. The van der Waals surface area contributed by atoms with Crippen molar-refractivity contribution in [3.63, 3.8) is 0 Å². The number of aryl methyl sites for hydroxylation is 2. The molecule has 1 atom stereocenters. The first-order chi connectivity index (χ1) is 9.40. The molecule has 1 fully saturated rings. The molecule has 1 unspecified atom stereocenters. The van der Waals surface area contributed by atoms with Crippen LogP contribution >= 0.6 is 0 Å². The molecule has 2 rings (SSSR count). The van der Waals surface area contributed by atoms with Crippen LogP contribution < -0.4 is 9.62 Å². The summed E-state index contributed by atoms with van der Waals surface area (Å²) >= 11 is 0. The maximum atomic E-state index is 12.5. The Labute approximate surface area is 122 Å². The molecule has 0 spiro atoms. The minimum absolute atomic E-state index is 0.0851. The molecule has 1 N–H and O–H groups in total. The fourth-order valence-electron chi connectivity index (χ4n) is 2.74. The van der Waals surface area contributed by atoms with Crippen LogP contribution in [0.25, 0.3) is 0 Å². The third-order valence-corrected chi connectivity index (χ3v) is 5.79. The molecule has 0 saturated carbocycles. The van der Waals surface area contributed by atoms with Gasteiger partial charge in [0.15, 0.2) is 0 Å². The summed E-state index contributed by atoms with van der Waals surface area (Å²) in [4.78, 5) is 0. The van der Waals surface area contributed by atoms with E-state index in [0.717, 1.165) is 42.6 Å². The van der Waals surface area contributed by atoms with Crippen LogP contribution in [-0.4, -0.2) is 33.8 Å². The predicted octanol–water partition coefficient (Wildman–Crippen LogP) is 2.21. The fraction of sp³-hybridized carbons (Fsp3) is 0.600. The lowest BCUT2D eigenvalue weighted by atomic mass is 10.1. The monoisotopic (exact) mass is 296 g/mol. The lowest BCUT2D eigenvalue weighted by Crippen LogP contribution is -2.43. The third-order valence-electron chi connectivity index (χ3n) is 3.93. The molecule has 5 heteroatoms. The largest absolute Gasteiger partial charge is 0.313 e. The van der Waals surface area contributed by atoms with E-state index < -0.39 is 10.0 Å². The summed E-state index contributed by atoms with van der Waals surface area (Å²) in [7, 11) is -1.63. The van der Waals surface area contributed by atoms with Crippen LogP contribution in [0.4, 0.5) is 5.69 Å². The van der Waals surface area contributed by atoms with Gasteiger partial charge in [-0.15, -0.1) is 0 Å². The highest BCUT2D eigenvalue weighted by Gasteiger charge is 2.25. The number of piperidine rings is 1. The van der Waals surface area contributed by atoms with Gasteiger partial charge in [-0.3, -0.25) is 4.31 Å². The molecule has 1 heterocycles. The van der Waals surface area contributed by atoms with Gasteiger partial charge in [0.1, 0.15) is 0 Å². The standard InChI is InChI=1S/C15H24N2O2S/c1-12-7-8-15(13(2)10-12)17(3)20(18,19)11-14-6-4-5-9-16-14/h7-8,10,14,16H,4-6,9,11H2,1-3H3. The number of sulfonamides is 1. The van der Waals surface area contributed by atoms with E-state index in [1.54, 1.807) is 7.05 Å². The van der Waals surface area contributed by atoms with Gasteiger partial charge in [0.2, 0.25) is 10.0 Å². The predicted molar refractivity (Wildman–Crippen MR) is 83.7 cm³/mol. The number of hydrogen-bond acceptors (Lipinski definition) is 3. The van der Waals surface area contributed by atoms with Gasteiger partial charge in [0.05, 0.1) is 11.4 Å². The summed E-state index contributed by atoms with van der Waals surface area (Å²) in [5.41, 5.74) is 2.91. The Morgan fingerprint density at radius 2 is 2.05 bits per heavy atom. The third kappa shape index (κ3) is 3.52. The molecule has 1 aliphatic heterocycles. The molecule has 1 aromatic rings. The van der Waals surface area contributed by atoms with Gasteiger partial charge in [-0.05, 0) is 44.9 Å². The SMILES string of the molecule is Cc1ccc(N(C)S(=O)(=O)CC2CCCCN2)c(C)c1. The number of rotatable bonds is 4. The minimum atomic E-state index is -3.28. The second-order valence-electron chi connectivity index (χ2n) is 5.68. The highest BCUT2D eigenvalue weighted by atomic mass is 32.2. The highest BCUT2D eigenvalue weighted by Crippen LogP contribution is 2.23. The molecular weight excluding hydrogens is 272 g/mol. The zero-order chi connectivity index (χ0) is 14.8. The molecule has 0 aliphatic carbocycles. The zero-order valence-corrected chi connectivity index (χ0v) is 13.3. The van der Waals surface area contributed by atoms with E-state index in [-0.39, 0.29) is 11.8 Å².